The van der Waals surface area contributed by atoms with Crippen LogP contribution in [0.3, 0.4) is 0 Å². The van der Waals surface area contributed by atoms with E-state index in [1.807, 2.05) is 12.1 Å². The minimum atomic E-state index is 0.0816. The van der Waals surface area contributed by atoms with Crippen molar-refractivity contribution in [3.8, 4) is 11.5 Å². The summed E-state index contributed by atoms with van der Waals surface area (Å²) in [4.78, 5) is 7.92. The Bertz CT molecular complexity index is 532. The fraction of sp³-hybridized carbons (Fsp3) is 0.500. The molecule has 1 saturated heterocycles. The molecule has 0 amide bonds. The number of aromatic nitrogens is 2. The van der Waals surface area contributed by atoms with Crippen LogP contribution in [0.1, 0.15) is 31.2 Å². The fourth-order valence-electron chi connectivity index (χ4n) is 2.47. The van der Waals surface area contributed by atoms with Crippen molar-refractivity contribution in [3.63, 3.8) is 0 Å². The molecule has 2 heterocycles. The number of methoxy groups -OCH3 is 2. The number of H-pyrrole nitrogens is 1. The standard InChI is InChI=1S/C14H18N2O3/c1-17-12-7-9-10(8-13(12)18-2)16-14(15-9)11-5-3-4-6-19-11/h7-8,11H,3-6H2,1-2H3,(H,15,16). The van der Waals surface area contributed by atoms with E-state index in [-0.39, 0.29) is 6.10 Å². The van der Waals surface area contributed by atoms with Gasteiger partial charge < -0.3 is 19.2 Å². The number of nitrogens with one attached hydrogen (secondary N) is 1. The molecule has 0 radical (unpaired) electrons. The highest BCUT2D eigenvalue weighted by atomic mass is 16.5. The number of aromatic amines is 1. The second-order valence-electron chi connectivity index (χ2n) is 4.70. The Morgan fingerprint density at radius 2 is 2.00 bits per heavy atom. The molecule has 3 rings (SSSR count). The molecule has 1 atom stereocenters. The van der Waals surface area contributed by atoms with Crippen molar-refractivity contribution in [2.45, 2.75) is 25.4 Å². The third-order valence-electron chi connectivity index (χ3n) is 3.49. The van der Waals surface area contributed by atoms with Crippen LogP contribution in [-0.4, -0.2) is 30.8 Å². The molecule has 1 aromatic heterocycles. The Hall–Kier alpha value is -1.75. The number of rotatable bonds is 3. The molecule has 5 heteroatoms. The van der Waals surface area contributed by atoms with Crippen LogP contribution >= 0.6 is 0 Å². The Labute approximate surface area is 111 Å². The van der Waals surface area contributed by atoms with Gasteiger partial charge in [0.2, 0.25) is 0 Å². The van der Waals surface area contributed by atoms with Gasteiger partial charge in [0.25, 0.3) is 0 Å². The Kier molecular flexibility index (Phi) is 3.29. The number of hydrogen-bond acceptors (Lipinski definition) is 4. The first kappa shape index (κ1) is 12.3. The molecule has 1 unspecified atom stereocenters. The molecule has 0 saturated carbocycles. The summed E-state index contributed by atoms with van der Waals surface area (Å²) in [7, 11) is 3.26. The summed E-state index contributed by atoms with van der Waals surface area (Å²) < 4.78 is 16.3. The number of hydrogen-bond donors (Lipinski definition) is 1. The zero-order chi connectivity index (χ0) is 13.2. The summed E-state index contributed by atoms with van der Waals surface area (Å²) in [5.41, 5.74) is 1.82. The van der Waals surface area contributed by atoms with Gasteiger partial charge in [0, 0.05) is 18.7 Å². The van der Waals surface area contributed by atoms with E-state index in [0.29, 0.717) is 11.5 Å². The largest absolute Gasteiger partial charge is 0.493 e. The average molecular weight is 262 g/mol. The molecule has 0 bridgehead atoms. The fourth-order valence-corrected chi connectivity index (χ4v) is 2.47. The molecule has 1 N–H and O–H groups in total. The van der Waals surface area contributed by atoms with Crippen molar-refractivity contribution in [3.05, 3.63) is 18.0 Å². The number of benzene rings is 1. The lowest BCUT2D eigenvalue weighted by atomic mass is 10.1. The first-order chi connectivity index (χ1) is 9.31. The van der Waals surface area contributed by atoms with Crippen molar-refractivity contribution in [1.29, 1.82) is 0 Å². The molecule has 19 heavy (non-hydrogen) atoms. The van der Waals surface area contributed by atoms with Crippen LogP contribution in [0.4, 0.5) is 0 Å². The normalized spacial score (nSPS) is 19.6. The van der Waals surface area contributed by atoms with Gasteiger partial charge in [0.15, 0.2) is 11.5 Å². The van der Waals surface area contributed by atoms with Crippen LogP contribution in [0.5, 0.6) is 11.5 Å². The van der Waals surface area contributed by atoms with Crippen molar-refractivity contribution >= 4 is 11.0 Å². The van der Waals surface area contributed by atoms with Crippen molar-refractivity contribution in [2.24, 2.45) is 0 Å². The van der Waals surface area contributed by atoms with Crippen LogP contribution < -0.4 is 9.47 Å². The van der Waals surface area contributed by atoms with Gasteiger partial charge in [-0.3, -0.25) is 0 Å². The number of nitrogens with zero attached hydrogens (tertiary/aromatic N) is 1. The summed E-state index contributed by atoms with van der Waals surface area (Å²) in [5, 5.41) is 0. The third-order valence-corrected chi connectivity index (χ3v) is 3.49. The van der Waals surface area contributed by atoms with Gasteiger partial charge in [-0.2, -0.15) is 0 Å². The topological polar surface area (TPSA) is 56.4 Å². The van der Waals surface area contributed by atoms with Gasteiger partial charge >= 0.3 is 0 Å². The highest BCUT2D eigenvalue weighted by Crippen LogP contribution is 2.33. The van der Waals surface area contributed by atoms with E-state index in [0.717, 1.165) is 36.3 Å². The van der Waals surface area contributed by atoms with E-state index < -0.39 is 0 Å². The molecule has 1 fully saturated rings. The molecule has 2 aromatic rings. The van der Waals surface area contributed by atoms with E-state index in [9.17, 15) is 0 Å². The summed E-state index contributed by atoms with van der Waals surface area (Å²) in [5.74, 6) is 2.29. The molecule has 0 spiro atoms. The van der Waals surface area contributed by atoms with E-state index in [1.165, 1.54) is 6.42 Å². The van der Waals surface area contributed by atoms with E-state index in [2.05, 4.69) is 9.97 Å². The molecule has 1 aliphatic rings. The summed E-state index contributed by atoms with van der Waals surface area (Å²) in [6.07, 6.45) is 3.43. The number of imidazole rings is 1. The monoisotopic (exact) mass is 262 g/mol. The first-order valence-corrected chi connectivity index (χ1v) is 6.55. The Balaban J connectivity index is 1.99. The molecule has 0 aliphatic carbocycles. The Morgan fingerprint density at radius 3 is 2.68 bits per heavy atom. The second-order valence-corrected chi connectivity index (χ2v) is 4.70. The van der Waals surface area contributed by atoms with Crippen molar-refractivity contribution in [1.82, 2.24) is 9.97 Å². The summed E-state index contributed by atoms with van der Waals surface area (Å²) in [6, 6.07) is 3.80. The van der Waals surface area contributed by atoms with Crippen LogP contribution in [0, 0.1) is 0 Å². The molecule has 1 aliphatic heterocycles. The number of ether oxygens (including phenoxy) is 3. The SMILES string of the molecule is COc1cc2nc(C3CCCCO3)[nH]c2cc1OC. The van der Waals surface area contributed by atoms with Gasteiger partial charge in [-0.05, 0) is 19.3 Å². The maximum atomic E-state index is 5.75. The minimum absolute atomic E-state index is 0.0816. The maximum Gasteiger partial charge on any atom is 0.163 e. The lowest BCUT2D eigenvalue weighted by Crippen LogP contribution is -2.12. The van der Waals surface area contributed by atoms with Gasteiger partial charge in [0.1, 0.15) is 11.9 Å². The molecular formula is C14H18N2O3. The predicted octanol–water partition coefficient (Wildman–Crippen LogP) is 2.82. The number of fused-ring (bicyclic) bond motifs is 1. The van der Waals surface area contributed by atoms with Crippen LogP contribution in [0.2, 0.25) is 0 Å². The highest BCUT2D eigenvalue weighted by Gasteiger charge is 2.20. The van der Waals surface area contributed by atoms with Gasteiger partial charge in [0.05, 0.1) is 25.3 Å². The molecule has 102 valence electrons. The van der Waals surface area contributed by atoms with Gasteiger partial charge in [-0.25, -0.2) is 4.98 Å². The lowest BCUT2D eigenvalue weighted by Gasteiger charge is -2.20. The van der Waals surface area contributed by atoms with Gasteiger partial charge in [-0.1, -0.05) is 0 Å². The zero-order valence-electron chi connectivity index (χ0n) is 11.2. The quantitative estimate of drug-likeness (QED) is 0.924. The smallest absolute Gasteiger partial charge is 0.163 e. The average Bonchev–Trinajstić information content (AvgIpc) is 2.89. The third kappa shape index (κ3) is 2.26. The van der Waals surface area contributed by atoms with E-state index in [1.54, 1.807) is 14.2 Å². The predicted molar refractivity (Wildman–Crippen MR) is 71.7 cm³/mol. The minimum Gasteiger partial charge on any atom is -0.493 e. The molecule has 5 nitrogen and oxygen atoms in total. The second kappa shape index (κ2) is 5.09. The van der Waals surface area contributed by atoms with Crippen LogP contribution in [0.15, 0.2) is 12.1 Å². The summed E-state index contributed by atoms with van der Waals surface area (Å²) in [6.45, 7) is 0.814. The van der Waals surface area contributed by atoms with E-state index >= 15 is 0 Å². The van der Waals surface area contributed by atoms with Crippen LogP contribution in [0.25, 0.3) is 11.0 Å². The van der Waals surface area contributed by atoms with Crippen molar-refractivity contribution in [2.75, 3.05) is 20.8 Å². The molecule has 1 aromatic carbocycles. The molecular weight excluding hydrogens is 244 g/mol. The van der Waals surface area contributed by atoms with Crippen LogP contribution in [-0.2, 0) is 4.74 Å². The lowest BCUT2D eigenvalue weighted by molar-refractivity contribution is 0.0101. The van der Waals surface area contributed by atoms with E-state index in [4.69, 9.17) is 14.2 Å². The van der Waals surface area contributed by atoms with Crippen molar-refractivity contribution < 1.29 is 14.2 Å². The highest BCUT2D eigenvalue weighted by molar-refractivity contribution is 5.79. The first-order valence-electron chi connectivity index (χ1n) is 6.55. The Morgan fingerprint density at radius 1 is 1.21 bits per heavy atom. The maximum absolute atomic E-state index is 5.75. The zero-order valence-corrected chi connectivity index (χ0v) is 11.2. The van der Waals surface area contributed by atoms with Gasteiger partial charge in [-0.15, -0.1) is 0 Å². The summed E-state index contributed by atoms with van der Waals surface area (Å²) >= 11 is 0.